The van der Waals surface area contributed by atoms with Crippen molar-refractivity contribution in [2.24, 2.45) is 0 Å². The van der Waals surface area contributed by atoms with Gasteiger partial charge in [-0.25, -0.2) is 13.0 Å². The van der Waals surface area contributed by atoms with Gasteiger partial charge in [-0.05, 0) is 30.1 Å². The average molecular weight is 352 g/mol. The normalized spacial score (nSPS) is 18.6. The predicted molar refractivity (Wildman–Crippen MR) is 81.8 cm³/mol. The molecule has 1 atom stereocenters. The van der Waals surface area contributed by atoms with Gasteiger partial charge in [0.25, 0.3) is 5.88 Å². The summed E-state index contributed by atoms with van der Waals surface area (Å²) in [6, 6.07) is 5.78. The first-order valence-corrected chi connectivity index (χ1v) is 8.75. The number of sulfonamides is 1. The maximum Gasteiger partial charge on any atom is 0.278 e. The van der Waals surface area contributed by atoms with Gasteiger partial charge in [-0.15, -0.1) is 0 Å². The molecule has 24 heavy (non-hydrogen) atoms. The lowest BCUT2D eigenvalue weighted by Gasteiger charge is -2.25. The van der Waals surface area contributed by atoms with E-state index in [-0.39, 0.29) is 23.9 Å². The minimum absolute atomic E-state index is 0.164. The van der Waals surface area contributed by atoms with Gasteiger partial charge in [0.2, 0.25) is 15.9 Å². The predicted octanol–water partition coefficient (Wildman–Crippen LogP) is -0.224. The fourth-order valence-corrected chi connectivity index (χ4v) is 3.84. The first kappa shape index (κ1) is 16.4. The number of hydrogen-bond acceptors (Lipinski definition) is 7. The van der Waals surface area contributed by atoms with E-state index in [0.717, 1.165) is 0 Å². The first-order chi connectivity index (χ1) is 11.5. The van der Waals surface area contributed by atoms with E-state index in [9.17, 15) is 13.2 Å². The van der Waals surface area contributed by atoms with Crippen LogP contribution in [-0.2, 0) is 21.2 Å². The SMILES string of the molecule is Cc1nonc1OCCNC(=O)C1Cc2ccccc2S(=O)(=O)N1. The van der Waals surface area contributed by atoms with E-state index in [1.807, 2.05) is 0 Å². The molecule has 1 aliphatic heterocycles. The van der Waals surface area contributed by atoms with Gasteiger partial charge in [0.05, 0.1) is 11.4 Å². The Morgan fingerprint density at radius 2 is 2.21 bits per heavy atom. The molecule has 2 N–H and O–H groups in total. The molecule has 0 radical (unpaired) electrons. The molecule has 1 aliphatic rings. The second kappa shape index (κ2) is 6.57. The number of hydrogen-bond donors (Lipinski definition) is 2. The van der Waals surface area contributed by atoms with Crippen LogP contribution in [0.1, 0.15) is 11.3 Å². The van der Waals surface area contributed by atoms with Crippen LogP contribution in [0.2, 0.25) is 0 Å². The molecule has 1 amide bonds. The number of amides is 1. The lowest BCUT2D eigenvalue weighted by Crippen LogP contribution is -2.51. The quantitative estimate of drug-likeness (QED) is 0.713. The maximum absolute atomic E-state index is 12.2. The van der Waals surface area contributed by atoms with E-state index in [1.54, 1.807) is 25.1 Å². The van der Waals surface area contributed by atoms with Crippen LogP contribution in [-0.4, -0.2) is 43.8 Å². The van der Waals surface area contributed by atoms with Crippen molar-refractivity contribution in [3.8, 4) is 5.88 Å². The molecule has 2 aromatic rings. The van der Waals surface area contributed by atoms with E-state index in [2.05, 4.69) is 25.0 Å². The molecule has 0 bridgehead atoms. The molecular formula is C14H16N4O5S. The van der Waals surface area contributed by atoms with Crippen LogP contribution in [0.5, 0.6) is 5.88 Å². The standard InChI is InChI=1S/C14H16N4O5S/c1-9-14(17-23-16-9)22-7-6-15-13(19)11-8-10-4-2-3-5-12(10)24(20,21)18-11/h2-5,11,18H,6-8H2,1H3,(H,15,19). The molecule has 0 saturated carbocycles. The Hall–Kier alpha value is -2.46. The third-order valence-electron chi connectivity index (χ3n) is 3.55. The largest absolute Gasteiger partial charge is 0.472 e. The van der Waals surface area contributed by atoms with E-state index in [1.165, 1.54) is 6.07 Å². The highest BCUT2D eigenvalue weighted by atomic mass is 32.2. The highest BCUT2D eigenvalue weighted by Gasteiger charge is 2.32. The molecule has 2 heterocycles. The molecule has 128 valence electrons. The highest BCUT2D eigenvalue weighted by Crippen LogP contribution is 2.22. The van der Waals surface area contributed by atoms with Crippen LogP contribution in [0.25, 0.3) is 0 Å². The van der Waals surface area contributed by atoms with Crippen molar-refractivity contribution in [2.45, 2.75) is 24.3 Å². The topological polar surface area (TPSA) is 123 Å². The number of nitrogens with zero attached hydrogens (tertiary/aromatic N) is 2. The number of fused-ring (bicyclic) bond motifs is 1. The van der Waals surface area contributed by atoms with Crippen LogP contribution < -0.4 is 14.8 Å². The van der Waals surface area contributed by atoms with Crippen molar-refractivity contribution in [3.63, 3.8) is 0 Å². The van der Waals surface area contributed by atoms with Gasteiger partial charge in [-0.2, -0.15) is 4.72 Å². The highest BCUT2D eigenvalue weighted by molar-refractivity contribution is 7.89. The zero-order valence-electron chi connectivity index (χ0n) is 12.9. The number of aryl methyl sites for hydroxylation is 1. The van der Waals surface area contributed by atoms with Crippen molar-refractivity contribution >= 4 is 15.9 Å². The molecule has 0 saturated heterocycles. The van der Waals surface area contributed by atoms with Crippen molar-refractivity contribution in [3.05, 3.63) is 35.5 Å². The van der Waals surface area contributed by atoms with Crippen LogP contribution in [0, 0.1) is 6.92 Å². The van der Waals surface area contributed by atoms with Gasteiger partial charge in [-0.1, -0.05) is 23.4 Å². The number of nitrogens with one attached hydrogen (secondary N) is 2. The Morgan fingerprint density at radius 1 is 1.42 bits per heavy atom. The van der Waals surface area contributed by atoms with Crippen molar-refractivity contribution in [1.29, 1.82) is 0 Å². The summed E-state index contributed by atoms with van der Waals surface area (Å²) in [6.07, 6.45) is 0.300. The Balaban J connectivity index is 1.56. The molecule has 0 spiro atoms. The van der Waals surface area contributed by atoms with Crippen LogP contribution >= 0.6 is 0 Å². The Morgan fingerprint density at radius 3 is 2.96 bits per heavy atom. The number of rotatable bonds is 5. The Kier molecular flexibility index (Phi) is 4.49. The Labute approximate surface area is 138 Å². The Bertz CT molecular complexity index is 848. The van der Waals surface area contributed by atoms with E-state index >= 15 is 0 Å². The molecule has 9 nitrogen and oxygen atoms in total. The van der Waals surface area contributed by atoms with Crippen molar-refractivity contribution < 1.29 is 22.6 Å². The fraction of sp³-hybridized carbons (Fsp3) is 0.357. The van der Waals surface area contributed by atoms with E-state index in [4.69, 9.17) is 4.74 Å². The summed E-state index contributed by atoms with van der Waals surface area (Å²) in [5.41, 5.74) is 1.13. The zero-order valence-corrected chi connectivity index (χ0v) is 13.7. The van der Waals surface area contributed by atoms with Crippen LogP contribution in [0.15, 0.2) is 33.8 Å². The van der Waals surface area contributed by atoms with Gasteiger partial charge in [0, 0.05) is 0 Å². The molecule has 1 unspecified atom stereocenters. The van der Waals surface area contributed by atoms with Crippen molar-refractivity contribution in [1.82, 2.24) is 20.4 Å². The zero-order chi connectivity index (χ0) is 17.2. The molecule has 1 aromatic carbocycles. The minimum Gasteiger partial charge on any atom is -0.472 e. The lowest BCUT2D eigenvalue weighted by atomic mass is 10.1. The number of benzene rings is 1. The molecule has 10 heteroatoms. The van der Waals surface area contributed by atoms with Crippen LogP contribution in [0.4, 0.5) is 0 Å². The third kappa shape index (κ3) is 3.39. The van der Waals surface area contributed by atoms with E-state index < -0.39 is 22.0 Å². The maximum atomic E-state index is 12.2. The fourth-order valence-electron chi connectivity index (χ4n) is 2.39. The molecule has 1 aromatic heterocycles. The average Bonchev–Trinajstić information content (AvgIpc) is 2.96. The van der Waals surface area contributed by atoms with Gasteiger partial charge in [-0.3, -0.25) is 4.79 Å². The van der Waals surface area contributed by atoms with E-state index in [0.29, 0.717) is 17.7 Å². The second-order valence-electron chi connectivity index (χ2n) is 5.28. The molecule has 0 aliphatic carbocycles. The van der Waals surface area contributed by atoms with Gasteiger partial charge in [0.1, 0.15) is 18.3 Å². The molecular weight excluding hydrogens is 336 g/mol. The van der Waals surface area contributed by atoms with Gasteiger partial charge in [0.15, 0.2) is 0 Å². The summed E-state index contributed by atoms with van der Waals surface area (Å²) in [5, 5.41) is 9.75. The second-order valence-corrected chi connectivity index (χ2v) is 6.96. The first-order valence-electron chi connectivity index (χ1n) is 7.27. The minimum atomic E-state index is -3.68. The molecule has 0 fully saturated rings. The lowest BCUT2D eigenvalue weighted by molar-refractivity contribution is -0.122. The summed E-state index contributed by atoms with van der Waals surface area (Å²) in [7, 11) is -3.68. The smallest absolute Gasteiger partial charge is 0.278 e. The number of ether oxygens (including phenoxy) is 1. The summed E-state index contributed by atoms with van der Waals surface area (Å²) in [5.74, 6) is -0.150. The number of aromatic nitrogens is 2. The summed E-state index contributed by atoms with van der Waals surface area (Å²) < 4.78 is 36.5. The number of carbonyl (C=O) groups excluding carboxylic acids is 1. The van der Waals surface area contributed by atoms with Gasteiger partial charge < -0.3 is 10.1 Å². The van der Waals surface area contributed by atoms with Gasteiger partial charge >= 0.3 is 0 Å². The molecule has 3 rings (SSSR count). The summed E-state index contributed by atoms with van der Waals surface area (Å²) >= 11 is 0. The number of carbonyl (C=O) groups is 1. The third-order valence-corrected chi connectivity index (χ3v) is 5.12. The summed E-state index contributed by atoms with van der Waals surface area (Å²) in [4.78, 5) is 12.4. The summed E-state index contributed by atoms with van der Waals surface area (Å²) in [6.45, 7) is 2.04. The van der Waals surface area contributed by atoms with Crippen LogP contribution in [0.3, 0.4) is 0 Å². The monoisotopic (exact) mass is 352 g/mol. The van der Waals surface area contributed by atoms with Crippen molar-refractivity contribution in [2.75, 3.05) is 13.2 Å².